The number of nitrogens with one attached hydrogen (secondary N) is 1. The molecular formula is C17H26N2. The molecule has 1 aromatic carbocycles. The summed E-state index contributed by atoms with van der Waals surface area (Å²) in [6.07, 6.45) is 6.71. The van der Waals surface area contributed by atoms with E-state index in [1.807, 2.05) is 0 Å². The van der Waals surface area contributed by atoms with E-state index in [1.54, 1.807) is 0 Å². The van der Waals surface area contributed by atoms with E-state index >= 15 is 0 Å². The molecule has 19 heavy (non-hydrogen) atoms. The van der Waals surface area contributed by atoms with Gasteiger partial charge in [-0.25, -0.2) is 0 Å². The van der Waals surface area contributed by atoms with Crippen molar-refractivity contribution in [2.24, 2.45) is 5.92 Å². The maximum Gasteiger partial charge on any atom is 0.0397 e. The van der Waals surface area contributed by atoms with Crippen LogP contribution >= 0.6 is 0 Å². The zero-order chi connectivity index (χ0) is 13.2. The minimum atomic E-state index is 0.743. The lowest BCUT2D eigenvalue weighted by Gasteiger charge is -2.27. The number of hydrogen-bond acceptors (Lipinski definition) is 2. The van der Waals surface area contributed by atoms with Gasteiger partial charge in [-0.1, -0.05) is 19.1 Å². The predicted molar refractivity (Wildman–Crippen MR) is 81.7 cm³/mol. The lowest BCUT2D eigenvalue weighted by Crippen LogP contribution is -2.32. The topological polar surface area (TPSA) is 15.3 Å². The average Bonchev–Trinajstić information content (AvgIpc) is 2.79. The quantitative estimate of drug-likeness (QED) is 0.894. The zero-order valence-electron chi connectivity index (χ0n) is 12.3. The van der Waals surface area contributed by atoms with Crippen LogP contribution in [0.3, 0.4) is 0 Å². The first-order valence-corrected chi connectivity index (χ1v) is 7.78. The maximum absolute atomic E-state index is 3.75. The predicted octanol–water partition coefficient (Wildman–Crippen LogP) is 3.35. The van der Waals surface area contributed by atoms with Gasteiger partial charge in [-0.05, 0) is 55.2 Å². The Hall–Kier alpha value is -1.02. The third-order valence-electron chi connectivity index (χ3n) is 4.88. The number of benzene rings is 1. The number of fused-ring (bicyclic) bond motifs is 1. The van der Waals surface area contributed by atoms with Gasteiger partial charge in [0, 0.05) is 31.9 Å². The highest BCUT2D eigenvalue weighted by Gasteiger charge is 2.18. The molecule has 0 radical (unpaired) electrons. The number of hydrogen-bond donors (Lipinski definition) is 1. The van der Waals surface area contributed by atoms with E-state index in [1.165, 1.54) is 55.5 Å². The SMILES string of the molecule is CC1CCC(NCc2ccc3c(c2)CCN3C)CC1. The van der Waals surface area contributed by atoms with Crippen molar-refractivity contribution in [1.29, 1.82) is 0 Å². The van der Waals surface area contributed by atoms with Crippen molar-refractivity contribution < 1.29 is 0 Å². The maximum atomic E-state index is 3.75. The molecule has 0 spiro atoms. The molecule has 1 aliphatic carbocycles. The van der Waals surface area contributed by atoms with Gasteiger partial charge in [-0.3, -0.25) is 0 Å². The molecule has 1 aromatic rings. The molecule has 1 heterocycles. The molecule has 0 atom stereocenters. The normalized spacial score (nSPS) is 26.5. The molecule has 2 heteroatoms. The third kappa shape index (κ3) is 2.94. The molecule has 1 fully saturated rings. The Morgan fingerprint density at radius 3 is 2.79 bits per heavy atom. The molecule has 0 amide bonds. The van der Waals surface area contributed by atoms with E-state index in [-0.39, 0.29) is 0 Å². The van der Waals surface area contributed by atoms with Gasteiger partial charge < -0.3 is 10.2 Å². The number of nitrogens with zero attached hydrogens (tertiary/aromatic N) is 1. The molecule has 0 bridgehead atoms. The summed E-state index contributed by atoms with van der Waals surface area (Å²) < 4.78 is 0. The molecule has 1 N–H and O–H groups in total. The average molecular weight is 258 g/mol. The van der Waals surface area contributed by atoms with Crippen molar-refractivity contribution in [2.45, 2.75) is 51.6 Å². The Kier molecular flexibility index (Phi) is 3.79. The molecule has 2 aliphatic rings. The van der Waals surface area contributed by atoms with E-state index in [2.05, 4.69) is 42.4 Å². The Morgan fingerprint density at radius 2 is 2.00 bits per heavy atom. The highest BCUT2D eigenvalue weighted by atomic mass is 15.1. The molecule has 2 nitrogen and oxygen atoms in total. The molecule has 0 unspecified atom stereocenters. The van der Waals surface area contributed by atoms with Gasteiger partial charge in [-0.15, -0.1) is 0 Å². The van der Waals surface area contributed by atoms with Gasteiger partial charge in [-0.2, -0.15) is 0 Å². The molecule has 1 saturated carbocycles. The highest BCUT2D eigenvalue weighted by Crippen LogP contribution is 2.28. The van der Waals surface area contributed by atoms with Crippen molar-refractivity contribution in [1.82, 2.24) is 5.32 Å². The lowest BCUT2D eigenvalue weighted by molar-refractivity contribution is 0.306. The molecule has 3 rings (SSSR count). The molecule has 104 valence electrons. The summed E-state index contributed by atoms with van der Waals surface area (Å²) in [6.45, 7) is 4.59. The first-order chi connectivity index (χ1) is 9.22. The van der Waals surface area contributed by atoms with Crippen LogP contribution < -0.4 is 10.2 Å². The summed E-state index contributed by atoms with van der Waals surface area (Å²) in [5.41, 5.74) is 4.40. The van der Waals surface area contributed by atoms with Crippen molar-refractivity contribution in [3.05, 3.63) is 29.3 Å². The first-order valence-electron chi connectivity index (χ1n) is 7.78. The van der Waals surface area contributed by atoms with E-state index in [0.29, 0.717) is 0 Å². The fourth-order valence-electron chi connectivity index (χ4n) is 3.46. The van der Waals surface area contributed by atoms with E-state index in [9.17, 15) is 0 Å². The summed E-state index contributed by atoms with van der Waals surface area (Å²) in [5, 5.41) is 3.75. The fourth-order valence-corrected chi connectivity index (χ4v) is 3.46. The number of likely N-dealkylation sites (N-methyl/N-ethyl adjacent to an activating group) is 1. The third-order valence-corrected chi connectivity index (χ3v) is 4.88. The summed E-state index contributed by atoms with van der Waals surface area (Å²) in [6, 6.07) is 7.73. The zero-order valence-corrected chi connectivity index (χ0v) is 12.3. The second kappa shape index (κ2) is 5.54. The second-order valence-electron chi connectivity index (χ2n) is 6.47. The largest absolute Gasteiger partial charge is 0.374 e. The van der Waals surface area contributed by atoms with E-state index in [4.69, 9.17) is 0 Å². The van der Waals surface area contributed by atoms with Crippen molar-refractivity contribution in [2.75, 3.05) is 18.5 Å². The van der Waals surface area contributed by atoms with Gasteiger partial charge in [0.05, 0.1) is 0 Å². The van der Waals surface area contributed by atoms with Crippen LogP contribution in [0, 0.1) is 5.92 Å². The monoisotopic (exact) mass is 258 g/mol. The minimum absolute atomic E-state index is 0.743. The van der Waals surface area contributed by atoms with E-state index in [0.717, 1.165) is 18.5 Å². The highest BCUT2D eigenvalue weighted by molar-refractivity contribution is 5.58. The standard InChI is InChI=1S/C17H26N2/c1-13-3-6-16(7-4-13)18-12-14-5-8-17-15(11-14)9-10-19(17)2/h5,8,11,13,16,18H,3-4,6-7,9-10,12H2,1-2H3. The van der Waals surface area contributed by atoms with Crippen LogP contribution in [0.4, 0.5) is 5.69 Å². The number of rotatable bonds is 3. The van der Waals surface area contributed by atoms with E-state index < -0.39 is 0 Å². The summed E-state index contributed by atoms with van der Waals surface area (Å²) >= 11 is 0. The minimum Gasteiger partial charge on any atom is -0.374 e. The molecule has 0 aromatic heterocycles. The van der Waals surface area contributed by atoms with Gasteiger partial charge in [0.15, 0.2) is 0 Å². The Labute approximate surface area is 117 Å². The van der Waals surface area contributed by atoms with Gasteiger partial charge >= 0.3 is 0 Å². The molecule has 0 saturated heterocycles. The first kappa shape index (κ1) is 13.0. The Bertz CT molecular complexity index is 433. The van der Waals surface area contributed by atoms with Crippen LogP contribution in [0.5, 0.6) is 0 Å². The summed E-state index contributed by atoms with van der Waals surface area (Å²) in [4.78, 5) is 2.36. The van der Waals surface area contributed by atoms with Crippen LogP contribution in [0.1, 0.15) is 43.7 Å². The van der Waals surface area contributed by atoms with Crippen molar-refractivity contribution in [3.8, 4) is 0 Å². The second-order valence-corrected chi connectivity index (χ2v) is 6.47. The van der Waals surface area contributed by atoms with Gasteiger partial charge in [0.25, 0.3) is 0 Å². The Morgan fingerprint density at radius 1 is 1.21 bits per heavy atom. The van der Waals surface area contributed by atoms with Crippen LogP contribution in [0.15, 0.2) is 18.2 Å². The van der Waals surface area contributed by atoms with Crippen LogP contribution in [-0.2, 0) is 13.0 Å². The van der Waals surface area contributed by atoms with Crippen molar-refractivity contribution >= 4 is 5.69 Å². The van der Waals surface area contributed by atoms with Crippen molar-refractivity contribution in [3.63, 3.8) is 0 Å². The van der Waals surface area contributed by atoms with Crippen LogP contribution in [0.25, 0.3) is 0 Å². The molecular weight excluding hydrogens is 232 g/mol. The van der Waals surface area contributed by atoms with Crippen LogP contribution in [0.2, 0.25) is 0 Å². The molecule has 1 aliphatic heterocycles. The number of anilines is 1. The Balaban J connectivity index is 1.56. The smallest absolute Gasteiger partial charge is 0.0397 e. The fraction of sp³-hybridized carbons (Fsp3) is 0.647. The summed E-state index contributed by atoms with van der Waals surface area (Å²) in [5.74, 6) is 0.939. The lowest BCUT2D eigenvalue weighted by atomic mass is 9.87. The summed E-state index contributed by atoms with van der Waals surface area (Å²) in [7, 11) is 2.19. The van der Waals surface area contributed by atoms with Gasteiger partial charge in [0.1, 0.15) is 0 Å². The van der Waals surface area contributed by atoms with Crippen LogP contribution in [-0.4, -0.2) is 19.6 Å². The van der Waals surface area contributed by atoms with Gasteiger partial charge in [0.2, 0.25) is 0 Å².